The lowest BCUT2D eigenvalue weighted by Crippen LogP contribution is -2.15. The molecule has 0 unspecified atom stereocenters. The van der Waals surface area contributed by atoms with E-state index in [1.54, 1.807) is 18.2 Å². The number of carbonyl (C=O) groups excluding carboxylic acids is 1. The largest absolute Gasteiger partial charge is 0.322 e. The summed E-state index contributed by atoms with van der Waals surface area (Å²) in [6, 6.07) is 18.8. The summed E-state index contributed by atoms with van der Waals surface area (Å²) in [5.41, 5.74) is 2.49. The van der Waals surface area contributed by atoms with E-state index in [0.717, 1.165) is 5.56 Å². The first-order valence-electron chi connectivity index (χ1n) is 9.69. The fourth-order valence-corrected chi connectivity index (χ4v) is 4.47. The molecule has 0 heterocycles. The second kappa shape index (κ2) is 9.41. The highest BCUT2D eigenvalue weighted by Gasteiger charge is 2.15. The minimum Gasteiger partial charge on any atom is -0.322 e. The van der Waals surface area contributed by atoms with Crippen molar-refractivity contribution in [3.63, 3.8) is 0 Å². The summed E-state index contributed by atoms with van der Waals surface area (Å²) < 4.78 is 53.3. The molecule has 3 aromatic rings. The number of nitrogens with one attached hydrogen (secondary N) is 3. The number of carbonyl (C=O) groups is 1. The molecular weight excluding hydrogens is 450 g/mol. The van der Waals surface area contributed by atoms with Crippen LogP contribution in [0.5, 0.6) is 0 Å². The summed E-state index contributed by atoms with van der Waals surface area (Å²) in [6.45, 7) is 3.39. The average molecular weight is 474 g/mol. The van der Waals surface area contributed by atoms with Gasteiger partial charge in [-0.05, 0) is 80.1 Å². The molecule has 0 aromatic heterocycles. The van der Waals surface area contributed by atoms with Crippen LogP contribution in [-0.4, -0.2) is 28.5 Å². The van der Waals surface area contributed by atoms with Gasteiger partial charge in [0.25, 0.3) is 15.9 Å². The first-order chi connectivity index (χ1) is 15.1. The van der Waals surface area contributed by atoms with Crippen LogP contribution in [0.3, 0.4) is 0 Å². The molecule has 0 aliphatic heterocycles. The summed E-state index contributed by atoms with van der Waals surface area (Å²) >= 11 is 0. The molecule has 32 heavy (non-hydrogen) atoms. The van der Waals surface area contributed by atoms with Crippen LogP contribution in [0.15, 0.2) is 77.7 Å². The quantitative estimate of drug-likeness (QED) is 0.459. The van der Waals surface area contributed by atoms with Gasteiger partial charge in [-0.25, -0.2) is 16.8 Å². The molecule has 0 spiro atoms. The van der Waals surface area contributed by atoms with Crippen LogP contribution < -0.4 is 14.8 Å². The van der Waals surface area contributed by atoms with Crippen LogP contribution in [0.1, 0.15) is 22.8 Å². The zero-order chi connectivity index (χ0) is 23.4. The van der Waals surface area contributed by atoms with E-state index in [1.165, 1.54) is 55.5 Å². The summed E-state index contributed by atoms with van der Waals surface area (Å²) in [5, 5.41) is 2.68. The molecule has 0 aliphatic rings. The number of rotatable bonds is 8. The molecule has 0 fully saturated rings. The van der Waals surface area contributed by atoms with E-state index >= 15 is 0 Å². The van der Waals surface area contributed by atoms with Gasteiger partial charge < -0.3 is 5.32 Å². The number of aryl methyl sites for hydroxylation is 1. The lowest BCUT2D eigenvalue weighted by Gasteiger charge is -2.10. The van der Waals surface area contributed by atoms with E-state index in [4.69, 9.17) is 0 Å². The number of hydrogen-bond donors (Lipinski definition) is 3. The maximum Gasteiger partial charge on any atom is 0.261 e. The van der Waals surface area contributed by atoms with E-state index in [2.05, 4.69) is 14.8 Å². The van der Waals surface area contributed by atoms with E-state index in [0.29, 0.717) is 22.6 Å². The fraction of sp³-hybridized carbons (Fsp3) is 0.136. The van der Waals surface area contributed by atoms with Gasteiger partial charge in [0, 0.05) is 22.6 Å². The predicted octanol–water partition coefficient (Wildman–Crippen LogP) is 3.81. The van der Waals surface area contributed by atoms with Crippen molar-refractivity contribution in [2.45, 2.75) is 18.7 Å². The molecule has 0 saturated carbocycles. The van der Waals surface area contributed by atoms with Gasteiger partial charge in [-0.3, -0.25) is 14.2 Å². The first kappa shape index (κ1) is 23.3. The first-order valence-corrected chi connectivity index (χ1v) is 12.8. The van der Waals surface area contributed by atoms with Gasteiger partial charge in [-0.2, -0.15) is 0 Å². The third kappa shape index (κ3) is 6.08. The van der Waals surface area contributed by atoms with Gasteiger partial charge in [-0.15, -0.1) is 0 Å². The van der Waals surface area contributed by atoms with Gasteiger partial charge >= 0.3 is 0 Å². The van der Waals surface area contributed by atoms with Crippen molar-refractivity contribution in [2.24, 2.45) is 0 Å². The Labute approximate surface area is 187 Å². The van der Waals surface area contributed by atoms with Crippen LogP contribution in [0.4, 0.5) is 17.1 Å². The number of amides is 1. The van der Waals surface area contributed by atoms with Crippen molar-refractivity contribution in [3.8, 4) is 0 Å². The molecule has 3 aromatic carbocycles. The van der Waals surface area contributed by atoms with Gasteiger partial charge in [0.2, 0.25) is 10.0 Å². The second-order valence-corrected chi connectivity index (χ2v) is 10.7. The monoisotopic (exact) mass is 473 g/mol. The Balaban J connectivity index is 1.66. The van der Waals surface area contributed by atoms with Crippen molar-refractivity contribution < 1.29 is 21.6 Å². The topological polar surface area (TPSA) is 121 Å². The lowest BCUT2D eigenvalue weighted by atomic mass is 10.2. The molecule has 168 valence electrons. The van der Waals surface area contributed by atoms with Crippen molar-refractivity contribution in [1.82, 2.24) is 0 Å². The number of sulfonamides is 2. The number of benzene rings is 3. The maximum atomic E-state index is 12.6. The zero-order valence-corrected chi connectivity index (χ0v) is 19.1. The van der Waals surface area contributed by atoms with Crippen LogP contribution in [0.2, 0.25) is 0 Å². The molecule has 10 heteroatoms. The average Bonchev–Trinajstić information content (AvgIpc) is 2.74. The summed E-state index contributed by atoms with van der Waals surface area (Å²) in [7, 11) is -7.17. The molecule has 0 saturated heterocycles. The van der Waals surface area contributed by atoms with Crippen molar-refractivity contribution in [1.29, 1.82) is 0 Å². The minimum absolute atomic E-state index is 0.0541. The van der Waals surface area contributed by atoms with Crippen LogP contribution >= 0.6 is 0 Å². The lowest BCUT2D eigenvalue weighted by molar-refractivity contribution is 0.102. The molecular formula is C22H23N3O5S2. The Morgan fingerprint density at radius 1 is 0.781 bits per heavy atom. The third-order valence-corrected chi connectivity index (χ3v) is 7.20. The van der Waals surface area contributed by atoms with Crippen molar-refractivity contribution >= 4 is 43.0 Å². The SMILES string of the molecule is CCS(=O)(=O)Nc1ccc(C(=O)Nc2ccc(S(=O)(=O)Nc3cccc(C)c3)cc2)cc1. The second-order valence-electron chi connectivity index (χ2n) is 7.04. The Kier molecular flexibility index (Phi) is 6.85. The van der Waals surface area contributed by atoms with Gasteiger partial charge in [-0.1, -0.05) is 12.1 Å². The Morgan fingerprint density at radius 2 is 1.41 bits per heavy atom. The molecule has 3 rings (SSSR count). The molecule has 0 radical (unpaired) electrons. The summed E-state index contributed by atoms with van der Waals surface area (Å²) in [6.07, 6.45) is 0. The minimum atomic E-state index is -3.77. The van der Waals surface area contributed by atoms with Crippen LogP contribution in [0, 0.1) is 6.92 Å². The summed E-state index contributed by atoms with van der Waals surface area (Å²) in [5.74, 6) is -0.468. The molecule has 8 nitrogen and oxygen atoms in total. The highest BCUT2D eigenvalue weighted by molar-refractivity contribution is 7.93. The van der Waals surface area contributed by atoms with E-state index in [1.807, 2.05) is 13.0 Å². The molecule has 0 aliphatic carbocycles. The van der Waals surface area contributed by atoms with Crippen LogP contribution in [0.25, 0.3) is 0 Å². The number of hydrogen-bond acceptors (Lipinski definition) is 5. The van der Waals surface area contributed by atoms with E-state index in [-0.39, 0.29) is 10.6 Å². The van der Waals surface area contributed by atoms with Crippen LogP contribution in [-0.2, 0) is 20.0 Å². The molecule has 0 bridgehead atoms. The van der Waals surface area contributed by atoms with Gasteiger partial charge in [0.05, 0.1) is 10.6 Å². The predicted molar refractivity (Wildman–Crippen MR) is 126 cm³/mol. The standard InChI is InChI=1S/C22H23N3O5S2/c1-3-31(27,28)24-19-9-7-17(8-10-19)22(26)23-18-11-13-21(14-12-18)32(29,30)25-20-6-4-5-16(2)15-20/h4-15,24-25H,3H2,1-2H3,(H,23,26). The van der Waals surface area contributed by atoms with Crippen molar-refractivity contribution in [2.75, 3.05) is 20.5 Å². The molecule has 0 atom stereocenters. The Morgan fingerprint density at radius 3 is 2.00 bits per heavy atom. The Bertz CT molecular complexity index is 1320. The normalized spacial score (nSPS) is 11.6. The van der Waals surface area contributed by atoms with Gasteiger partial charge in [0.15, 0.2) is 0 Å². The smallest absolute Gasteiger partial charge is 0.261 e. The van der Waals surface area contributed by atoms with Crippen molar-refractivity contribution in [3.05, 3.63) is 83.9 Å². The van der Waals surface area contributed by atoms with E-state index < -0.39 is 26.0 Å². The zero-order valence-electron chi connectivity index (χ0n) is 17.5. The fourth-order valence-electron chi connectivity index (χ4n) is 2.78. The molecule has 3 N–H and O–H groups in total. The third-order valence-electron chi connectivity index (χ3n) is 4.49. The highest BCUT2D eigenvalue weighted by Crippen LogP contribution is 2.20. The highest BCUT2D eigenvalue weighted by atomic mass is 32.2. The summed E-state index contributed by atoms with van der Waals surface area (Å²) in [4.78, 5) is 12.5. The number of anilines is 3. The maximum absolute atomic E-state index is 12.6. The van der Waals surface area contributed by atoms with E-state index in [9.17, 15) is 21.6 Å². The Hall–Kier alpha value is -3.37. The molecule has 1 amide bonds. The van der Waals surface area contributed by atoms with Gasteiger partial charge in [0.1, 0.15) is 0 Å².